The van der Waals surface area contributed by atoms with Gasteiger partial charge in [-0.1, -0.05) is 35.3 Å². The summed E-state index contributed by atoms with van der Waals surface area (Å²) < 4.78 is 0. The van der Waals surface area contributed by atoms with Crippen molar-refractivity contribution < 1.29 is 4.79 Å². The van der Waals surface area contributed by atoms with Gasteiger partial charge in [0.15, 0.2) is 0 Å². The fourth-order valence-electron chi connectivity index (χ4n) is 1.86. The summed E-state index contributed by atoms with van der Waals surface area (Å²) in [4.78, 5) is 11.9. The molecule has 21 heavy (non-hydrogen) atoms. The van der Waals surface area contributed by atoms with Crippen molar-refractivity contribution in [2.75, 3.05) is 17.2 Å². The molecule has 0 radical (unpaired) electrons. The van der Waals surface area contributed by atoms with Crippen LogP contribution in [0.15, 0.2) is 36.4 Å². The van der Waals surface area contributed by atoms with E-state index in [1.165, 1.54) is 5.56 Å². The van der Waals surface area contributed by atoms with E-state index in [2.05, 4.69) is 10.6 Å². The van der Waals surface area contributed by atoms with Crippen LogP contribution in [-0.4, -0.2) is 12.5 Å². The van der Waals surface area contributed by atoms with E-state index < -0.39 is 0 Å². The molecule has 1 amide bonds. The van der Waals surface area contributed by atoms with E-state index in [1.54, 1.807) is 18.2 Å². The molecule has 2 N–H and O–H groups in total. The Hall–Kier alpha value is -1.71. The predicted octanol–water partition coefficient (Wildman–Crippen LogP) is 4.66. The monoisotopic (exact) mass is 322 g/mol. The minimum Gasteiger partial charge on any atom is -0.374 e. The molecule has 2 aromatic rings. The normalized spacial score (nSPS) is 10.3. The lowest BCUT2D eigenvalue weighted by Gasteiger charge is -2.11. The molecule has 0 aromatic heterocycles. The van der Waals surface area contributed by atoms with Gasteiger partial charge in [-0.15, -0.1) is 0 Å². The quantitative estimate of drug-likeness (QED) is 0.859. The SMILES string of the molecule is Cc1ccc(NC(=O)CNc2c(Cl)cccc2Cl)cc1C. The molecule has 3 nitrogen and oxygen atoms in total. The molecule has 2 rings (SSSR count). The van der Waals surface area contributed by atoms with Gasteiger partial charge in [0, 0.05) is 5.69 Å². The van der Waals surface area contributed by atoms with Gasteiger partial charge in [0.2, 0.25) is 5.91 Å². The van der Waals surface area contributed by atoms with E-state index >= 15 is 0 Å². The van der Waals surface area contributed by atoms with Gasteiger partial charge in [-0.3, -0.25) is 4.79 Å². The van der Waals surface area contributed by atoms with Crippen LogP contribution < -0.4 is 10.6 Å². The number of amides is 1. The second kappa shape index (κ2) is 6.83. The standard InChI is InChI=1S/C16H16Cl2N2O/c1-10-6-7-12(8-11(10)2)20-15(21)9-19-16-13(17)4-3-5-14(16)18/h3-8,19H,9H2,1-2H3,(H,20,21). The van der Waals surface area contributed by atoms with Gasteiger partial charge >= 0.3 is 0 Å². The maximum atomic E-state index is 11.9. The van der Waals surface area contributed by atoms with Crippen LogP contribution in [0.1, 0.15) is 11.1 Å². The topological polar surface area (TPSA) is 41.1 Å². The summed E-state index contributed by atoms with van der Waals surface area (Å²) in [6, 6.07) is 11.0. The van der Waals surface area contributed by atoms with Gasteiger partial charge < -0.3 is 10.6 Å². The minimum absolute atomic E-state index is 0.0936. The number of aryl methyl sites for hydroxylation is 2. The Kier molecular flexibility index (Phi) is 5.10. The van der Waals surface area contributed by atoms with Crippen molar-refractivity contribution in [2.24, 2.45) is 0 Å². The van der Waals surface area contributed by atoms with Crippen molar-refractivity contribution in [1.82, 2.24) is 0 Å². The van der Waals surface area contributed by atoms with Crippen LogP contribution in [0.25, 0.3) is 0 Å². The van der Waals surface area contributed by atoms with Crippen LogP contribution in [0.3, 0.4) is 0 Å². The smallest absolute Gasteiger partial charge is 0.243 e. The summed E-state index contributed by atoms with van der Waals surface area (Å²) in [5.41, 5.74) is 3.66. The highest BCUT2D eigenvalue weighted by atomic mass is 35.5. The zero-order chi connectivity index (χ0) is 15.4. The third kappa shape index (κ3) is 4.13. The summed E-state index contributed by atoms with van der Waals surface area (Å²) in [6.07, 6.45) is 0. The molecule has 0 unspecified atom stereocenters. The third-order valence-electron chi connectivity index (χ3n) is 3.18. The summed E-state index contributed by atoms with van der Waals surface area (Å²) in [6.45, 7) is 4.13. The lowest BCUT2D eigenvalue weighted by atomic mass is 10.1. The molecule has 0 aliphatic carbocycles. The van der Waals surface area contributed by atoms with Crippen molar-refractivity contribution in [1.29, 1.82) is 0 Å². The number of carbonyl (C=O) groups excluding carboxylic acids is 1. The molecule has 0 saturated carbocycles. The molecule has 5 heteroatoms. The van der Waals surface area contributed by atoms with E-state index in [9.17, 15) is 4.79 Å². The van der Waals surface area contributed by atoms with Crippen LogP contribution in [0.2, 0.25) is 10.0 Å². The molecule has 2 aromatic carbocycles. The number of nitrogens with one attached hydrogen (secondary N) is 2. The molecule has 0 aliphatic heterocycles. The highest BCUT2D eigenvalue weighted by Crippen LogP contribution is 2.29. The number of benzene rings is 2. The summed E-state index contributed by atoms with van der Waals surface area (Å²) >= 11 is 12.1. The average Bonchev–Trinajstić information content (AvgIpc) is 2.42. The zero-order valence-electron chi connectivity index (χ0n) is 11.8. The molecule has 110 valence electrons. The number of hydrogen-bond acceptors (Lipinski definition) is 2. The minimum atomic E-state index is -0.158. The molecule has 0 saturated heterocycles. The largest absolute Gasteiger partial charge is 0.374 e. The lowest BCUT2D eigenvalue weighted by Crippen LogP contribution is -2.22. The van der Waals surface area contributed by atoms with Crippen LogP contribution in [0, 0.1) is 13.8 Å². The summed E-state index contributed by atoms with van der Waals surface area (Å²) in [7, 11) is 0. The van der Waals surface area contributed by atoms with Crippen molar-refractivity contribution in [3.05, 3.63) is 57.6 Å². The number of carbonyl (C=O) groups is 1. The second-order valence-electron chi connectivity index (χ2n) is 4.80. The maximum Gasteiger partial charge on any atom is 0.243 e. The fourth-order valence-corrected chi connectivity index (χ4v) is 2.39. The molecule has 0 heterocycles. The van der Waals surface area contributed by atoms with Crippen LogP contribution in [0.5, 0.6) is 0 Å². The van der Waals surface area contributed by atoms with E-state index in [-0.39, 0.29) is 12.5 Å². The van der Waals surface area contributed by atoms with Crippen molar-refractivity contribution in [2.45, 2.75) is 13.8 Å². The number of hydrogen-bond donors (Lipinski definition) is 2. The zero-order valence-corrected chi connectivity index (χ0v) is 13.3. The van der Waals surface area contributed by atoms with Gasteiger partial charge in [0.25, 0.3) is 0 Å². The van der Waals surface area contributed by atoms with Gasteiger partial charge in [-0.25, -0.2) is 0 Å². The summed E-state index contributed by atoms with van der Waals surface area (Å²) in [5, 5.41) is 6.76. The highest BCUT2D eigenvalue weighted by molar-refractivity contribution is 6.39. The number of halogens is 2. The first-order valence-electron chi connectivity index (χ1n) is 6.52. The number of para-hydroxylation sites is 1. The van der Waals surface area contributed by atoms with Gasteiger partial charge in [-0.05, 0) is 49.2 Å². The van der Waals surface area contributed by atoms with Gasteiger partial charge in [-0.2, -0.15) is 0 Å². The van der Waals surface area contributed by atoms with E-state index in [0.717, 1.165) is 11.3 Å². The molecule has 0 aliphatic rings. The van der Waals surface area contributed by atoms with Gasteiger partial charge in [0.05, 0.1) is 22.3 Å². The molecular formula is C16H16Cl2N2O. The fraction of sp³-hybridized carbons (Fsp3) is 0.188. The Morgan fingerprint density at radius 2 is 1.71 bits per heavy atom. The maximum absolute atomic E-state index is 11.9. The first-order valence-corrected chi connectivity index (χ1v) is 7.28. The lowest BCUT2D eigenvalue weighted by molar-refractivity contribution is -0.114. The average molecular weight is 323 g/mol. The van der Waals surface area contributed by atoms with Crippen LogP contribution >= 0.6 is 23.2 Å². The van der Waals surface area contributed by atoms with E-state index in [0.29, 0.717) is 15.7 Å². The Balaban J connectivity index is 1.97. The number of anilines is 2. The third-order valence-corrected chi connectivity index (χ3v) is 3.81. The Morgan fingerprint density at radius 1 is 1.05 bits per heavy atom. The first-order chi connectivity index (χ1) is 9.97. The van der Waals surface area contributed by atoms with Crippen LogP contribution in [-0.2, 0) is 4.79 Å². The first kappa shape index (κ1) is 15.7. The predicted molar refractivity (Wildman–Crippen MR) is 89.5 cm³/mol. The Bertz CT molecular complexity index is 651. The van der Waals surface area contributed by atoms with Gasteiger partial charge in [0.1, 0.15) is 0 Å². The van der Waals surface area contributed by atoms with Crippen molar-refractivity contribution in [3.8, 4) is 0 Å². The number of rotatable bonds is 4. The van der Waals surface area contributed by atoms with Crippen molar-refractivity contribution in [3.63, 3.8) is 0 Å². The highest BCUT2D eigenvalue weighted by Gasteiger charge is 2.08. The van der Waals surface area contributed by atoms with E-state index in [4.69, 9.17) is 23.2 Å². The molecule has 0 bridgehead atoms. The molecule has 0 spiro atoms. The molecule has 0 atom stereocenters. The summed E-state index contributed by atoms with van der Waals surface area (Å²) in [5.74, 6) is -0.158. The van der Waals surface area contributed by atoms with Crippen molar-refractivity contribution >= 4 is 40.5 Å². The Morgan fingerprint density at radius 3 is 2.33 bits per heavy atom. The molecule has 0 fully saturated rings. The van der Waals surface area contributed by atoms with Crippen LogP contribution in [0.4, 0.5) is 11.4 Å². The second-order valence-corrected chi connectivity index (χ2v) is 5.61. The molecular weight excluding hydrogens is 307 g/mol. The van der Waals surface area contributed by atoms with E-state index in [1.807, 2.05) is 32.0 Å². The Labute approximate surface area is 134 Å².